The van der Waals surface area contributed by atoms with Crippen molar-refractivity contribution in [2.45, 2.75) is 26.7 Å². The Labute approximate surface area is 80.3 Å². The smallest absolute Gasteiger partial charge is 0.0346 e. The van der Waals surface area contributed by atoms with Crippen molar-refractivity contribution in [3.8, 4) is 0 Å². The zero-order valence-corrected chi connectivity index (χ0v) is 8.38. The second kappa shape index (κ2) is 4.70. The van der Waals surface area contributed by atoms with Gasteiger partial charge in [-0.2, -0.15) is 0 Å². The molecule has 1 aromatic carbocycles. The van der Waals surface area contributed by atoms with Gasteiger partial charge in [-0.1, -0.05) is 44.2 Å². The molecule has 0 bridgehead atoms. The van der Waals surface area contributed by atoms with Crippen LogP contribution in [0.5, 0.6) is 0 Å². The highest BCUT2D eigenvalue weighted by molar-refractivity contribution is 5.62. The van der Waals surface area contributed by atoms with E-state index in [0.29, 0.717) is 0 Å². The summed E-state index contributed by atoms with van der Waals surface area (Å²) >= 11 is 0. The summed E-state index contributed by atoms with van der Waals surface area (Å²) in [6, 6.07) is 8.43. The lowest BCUT2D eigenvalue weighted by molar-refractivity contribution is 1.14. The van der Waals surface area contributed by atoms with Crippen LogP contribution in [0.3, 0.4) is 0 Å². The highest BCUT2D eigenvalue weighted by Gasteiger charge is 1.94. The van der Waals surface area contributed by atoms with Crippen molar-refractivity contribution < 1.29 is 0 Å². The number of hydrogen-bond donors (Lipinski definition) is 1. The van der Waals surface area contributed by atoms with E-state index < -0.39 is 0 Å². The van der Waals surface area contributed by atoms with E-state index in [9.17, 15) is 0 Å². The normalized spacial score (nSPS) is 11.7. The van der Waals surface area contributed by atoms with Crippen molar-refractivity contribution in [1.29, 1.82) is 0 Å². The van der Waals surface area contributed by atoms with E-state index in [0.717, 1.165) is 24.1 Å². The Hall–Kier alpha value is -1.24. The lowest BCUT2D eigenvalue weighted by Gasteiger charge is -2.02. The van der Waals surface area contributed by atoms with Crippen molar-refractivity contribution in [2.75, 3.05) is 0 Å². The van der Waals surface area contributed by atoms with Gasteiger partial charge in [0.15, 0.2) is 0 Å². The molecule has 0 aliphatic carbocycles. The molecule has 0 spiro atoms. The third kappa shape index (κ3) is 2.62. The Morgan fingerprint density at radius 3 is 2.31 bits per heavy atom. The van der Waals surface area contributed by atoms with Crippen LogP contribution in [0.2, 0.25) is 0 Å². The molecule has 1 nitrogen and oxygen atoms in total. The molecule has 0 saturated carbocycles. The molecule has 0 atom stereocenters. The van der Waals surface area contributed by atoms with Crippen LogP contribution in [0.1, 0.15) is 31.4 Å². The van der Waals surface area contributed by atoms with Crippen molar-refractivity contribution in [3.05, 3.63) is 41.5 Å². The summed E-state index contributed by atoms with van der Waals surface area (Å²) in [5.74, 6) is 0. The van der Waals surface area contributed by atoms with Crippen LogP contribution in [-0.4, -0.2) is 0 Å². The van der Waals surface area contributed by atoms with Crippen molar-refractivity contribution in [3.63, 3.8) is 0 Å². The molecule has 13 heavy (non-hydrogen) atoms. The van der Waals surface area contributed by atoms with Gasteiger partial charge in [-0.15, -0.1) is 0 Å². The van der Waals surface area contributed by atoms with Crippen molar-refractivity contribution >= 4 is 5.70 Å². The molecule has 0 unspecified atom stereocenters. The zero-order valence-electron chi connectivity index (χ0n) is 8.38. The molecule has 0 aliphatic heterocycles. The fourth-order valence-electron chi connectivity index (χ4n) is 1.27. The third-order valence-corrected chi connectivity index (χ3v) is 2.12. The highest BCUT2D eigenvalue weighted by atomic mass is 14.6. The average molecular weight is 175 g/mol. The lowest BCUT2D eigenvalue weighted by atomic mass is 10.1. The van der Waals surface area contributed by atoms with Gasteiger partial charge in [0, 0.05) is 5.70 Å². The fraction of sp³-hybridized carbons (Fsp3) is 0.333. The molecule has 1 aromatic rings. The molecule has 2 N–H and O–H groups in total. The maximum absolute atomic E-state index is 5.86. The summed E-state index contributed by atoms with van der Waals surface area (Å²) in [5.41, 5.74) is 9.22. The van der Waals surface area contributed by atoms with Gasteiger partial charge in [0.25, 0.3) is 0 Å². The van der Waals surface area contributed by atoms with Gasteiger partial charge in [0.1, 0.15) is 0 Å². The highest BCUT2D eigenvalue weighted by Crippen LogP contribution is 2.11. The van der Waals surface area contributed by atoms with Crippen LogP contribution in [0.25, 0.3) is 5.70 Å². The second-order valence-electron chi connectivity index (χ2n) is 3.12. The van der Waals surface area contributed by atoms with Crippen molar-refractivity contribution in [2.24, 2.45) is 5.73 Å². The first-order chi connectivity index (χ1) is 6.27. The third-order valence-electron chi connectivity index (χ3n) is 2.12. The molecule has 0 saturated heterocycles. The molecule has 0 amide bonds. The minimum absolute atomic E-state index is 0.880. The topological polar surface area (TPSA) is 26.0 Å². The molecule has 0 aliphatic rings. The maximum atomic E-state index is 5.86. The van der Waals surface area contributed by atoms with Gasteiger partial charge in [-0.25, -0.2) is 0 Å². The van der Waals surface area contributed by atoms with Gasteiger partial charge in [0.2, 0.25) is 0 Å². The minimum Gasteiger partial charge on any atom is -0.399 e. The molecular formula is C12H17N. The molecule has 0 aromatic heterocycles. The largest absolute Gasteiger partial charge is 0.399 e. The Kier molecular flexibility index (Phi) is 3.56. The Morgan fingerprint density at radius 1 is 1.23 bits per heavy atom. The standard InChI is InChI=1S/C12H17N/c1-3-5-12(13)11-8-6-10(4-2)7-9-11/h5-9H,3-4,13H2,1-2H3/b12-5+. The van der Waals surface area contributed by atoms with E-state index >= 15 is 0 Å². The van der Waals surface area contributed by atoms with Crippen LogP contribution in [0.15, 0.2) is 30.3 Å². The number of hydrogen-bond acceptors (Lipinski definition) is 1. The number of benzene rings is 1. The van der Waals surface area contributed by atoms with Gasteiger partial charge < -0.3 is 5.73 Å². The van der Waals surface area contributed by atoms with Crippen LogP contribution < -0.4 is 5.73 Å². The first-order valence-corrected chi connectivity index (χ1v) is 4.82. The van der Waals surface area contributed by atoms with Gasteiger partial charge in [-0.05, 0) is 24.0 Å². The summed E-state index contributed by atoms with van der Waals surface area (Å²) in [4.78, 5) is 0. The molecule has 0 fully saturated rings. The summed E-state index contributed by atoms with van der Waals surface area (Å²) in [6.45, 7) is 4.24. The van der Waals surface area contributed by atoms with Crippen LogP contribution in [-0.2, 0) is 6.42 Å². The van der Waals surface area contributed by atoms with Gasteiger partial charge in [0.05, 0.1) is 0 Å². The quantitative estimate of drug-likeness (QED) is 0.751. The second-order valence-corrected chi connectivity index (χ2v) is 3.12. The number of allylic oxidation sites excluding steroid dienone is 1. The molecule has 0 heterocycles. The SMILES string of the molecule is CC/C=C(/N)c1ccc(CC)cc1. The molecular weight excluding hydrogens is 158 g/mol. The fourth-order valence-corrected chi connectivity index (χ4v) is 1.27. The van der Waals surface area contributed by atoms with Crippen LogP contribution in [0.4, 0.5) is 0 Å². The first-order valence-electron chi connectivity index (χ1n) is 4.82. The van der Waals surface area contributed by atoms with Gasteiger partial charge in [-0.3, -0.25) is 0 Å². The number of aryl methyl sites for hydroxylation is 1. The van der Waals surface area contributed by atoms with Crippen molar-refractivity contribution in [1.82, 2.24) is 0 Å². The van der Waals surface area contributed by atoms with Crippen LogP contribution >= 0.6 is 0 Å². The average Bonchev–Trinajstić information content (AvgIpc) is 2.18. The number of nitrogens with two attached hydrogens (primary N) is 1. The van der Waals surface area contributed by atoms with E-state index in [2.05, 4.69) is 38.1 Å². The first kappa shape index (κ1) is 9.85. The summed E-state index contributed by atoms with van der Waals surface area (Å²) in [6.07, 6.45) is 4.11. The zero-order chi connectivity index (χ0) is 9.68. The maximum Gasteiger partial charge on any atom is 0.0346 e. The Morgan fingerprint density at radius 2 is 1.85 bits per heavy atom. The molecule has 0 radical (unpaired) electrons. The van der Waals surface area contributed by atoms with E-state index in [-0.39, 0.29) is 0 Å². The Balaban J connectivity index is 2.85. The lowest BCUT2D eigenvalue weighted by Crippen LogP contribution is -1.95. The summed E-state index contributed by atoms with van der Waals surface area (Å²) in [5, 5.41) is 0. The van der Waals surface area contributed by atoms with E-state index in [1.165, 1.54) is 5.56 Å². The molecule has 1 heteroatoms. The molecule has 1 rings (SSSR count). The minimum atomic E-state index is 0.880. The van der Waals surface area contributed by atoms with Crippen LogP contribution in [0, 0.1) is 0 Å². The summed E-state index contributed by atoms with van der Waals surface area (Å²) in [7, 11) is 0. The Bertz CT molecular complexity index is 282. The van der Waals surface area contributed by atoms with E-state index in [4.69, 9.17) is 5.73 Å². The summed E-state index contributed by atoms with van der Waals surface area (Å²) < 4.78 is 0. The molecule has 70 valence electrons. The van der Waals surface area contributed by atoms with Gasteiger partial charge >= 0.3 is 0 Å². The monoisotopic (exact) mass is 175 g/mol. The van der Waals surface area contributed by atoms with E-state index in [1.807, 2.05) is 6.08 Å². The van der Waals surface area contributed by atoms with E-state index in [1.54, 1.807) is 0 Å². The number of rotatable bonds is 3. The predicted octanol–water partition coefficient (Wildman–Crippen LogP) is 2.96. The predicted molar refractivity (Wildman–Crippen MR) is 58.3 cm³/mol.